The van der Waals surface area contributed by atoms with Crippen molar-refractivity contribution in [2.24, 2.45) is 11.7 Å². The summed E-state index contributed by atoms with van der Waals surface area (Å²) >= 11 is 0. The molecule has 1 saturated carbocycles. The molecule has 4 nitrogen and oxygen atoms in total. The molecule has 1 aliphatic rings. The van der Waals surface area contributed by atoms with Gasteiger partial charge in [0, 0.05) is 12.2 Å². The van der Waals surface area contributed by atoms with Gasteiger partial charge in [0.1, 0.15) is 5.69 Å². The van der Waals surface area contributed by atoms with E-state index in [1.807, 2.05) is 0 Å². The van der Waals surface area contributed by atoms with Gasteiger partial charge in [-0.1, -0.05) is 6.42 Å². The van der Waals surface area contributed by atoms with Crippen LogP contribution in [0.3, 0.4) is 0 Å². The number of rotatable bonds is 5. The summed E-state index contributed by atoms with van der Waals surface area (Å²) in [4.78, 5) is 12.1. The number of carbonyl (C=O) groups excluding carboxylic acids is 1. The predicted molar refractivity (Wildman–Crippen MR) is 68.1 cm³/mol. The Kier molecular flexibility index (Phi) is 4.52. The summed E-state index contributed by atoms with van der Waals surface area (Å²) in [7, 11) is 0. The number of nitrogens with one attached hydrogen (secondary N) is 1. The molecule has 2 unspecified atom stereocenters. The Morgan fingerprint density at radius 1 is 1.53 bits per heavy atom. The first-order valence-corrected chi connectivity index (χ1v) is 6.56. The molecule has 0 radical (unpaired) electrons. The molecule has 0 aliphatic heterocycles. The average molecular weight is 271 g/mol. The van der Waals surface area contributed by atoms with Crippen molar-refractivity contribution >= 4 is 5.91 Å². The van der Waals surface area contributed by atoms with Crippen LogP contribution in [0.2, 0.25) is 0 Å². The molecular formula is C13H19F2N3O. The number of alkyl halides is 2. The monoisotopic (exact) mass is 271 g/mol. The average Bonchev–Trinajstić information content (AvgIpc) is 2.97. The van der Waals surface area contributed by atoms with E-state index in [1.165, 1.54) is 10.8 Å². The Labute approximate surface area is 111 Å². The largest absolute Gasteiger partial charge is 0.348 e. The zero-order chi connectivity index (χ0) is 13.8. The fourth-order valence-corrected chi connectivity index (χ4v) is 2.68. The number of carbonyl (C=O) groups is 1. The number of hydrogen-bond acceptors (Lipinski definition) is 2. The summed E-state index contributed by atoms with van der Waals surface area (Å²) in [6, 6.07) is 3.23. The van der Waals surface area contributed by atoms with Gasteiger partial charge in [-0.05, 0) is 37.4 Å². The van der Waals surface area contributed by atoms with Crippen LogP contribution in [-0.4, -0.2) is 29.5 Å². The Balaban J connectivity index is 2.01. The van der Waals surface area contributed by atoms with E-state index in [0.717, 1.165) is 19.3 Å². The highest BCUT2D eigenvalue weighted by molar-refractivity contribution is 5.93. The zero-order valence-electron chi connectivity index (χ0n) is 10.7. The highest BCUT2D eigenvalue weighted by atomic mass is 19.3. The molecule has 106 valence electrons. The van der Waals surface area contributed by atoms with Gasteiger partial charge in [0.25, 0.3) is 12.3 Å². The standard InChI is InChI=1S/C13H19F2N3O/c14-12(15)8-18-6-2-5-11(18)13(19)17-10-4-1-3-9(10)7-16/h2,5-6,9-10,12H,1,3-4,7-8,16H2,(H,17,19). The van der Waals surface area contributed by atoms with Crippen molar-refractivity contribution in [2.45, 2.75) is 38.3 Å². The number of nitrogens with zero attached hydrogens (tertiary/aromatic N) is 1. The molecule has 0 spiro atoms. The molecule has 1 aromatic heterocycles. The maximum Gasteiger partial charge on any atom is 0.268 e. The van der Waals surface area contributed by atoms with Crippen LogP contribution >= 0.6 is 0 Å². The van der Waals surface area contributed by atoms with E-state index < -0.39 is 13.0 Å². The SMILES string of the molecule is NCC1CCCC1NC(=O)c1cccn1CC(F)F. The first-order chi connectivity index (χ1) is 9.11. The molecule has 1 heterocycles. The number of halogens is 2. The number of hydrogen-bond donors (Lipinski definition) is 2. The van der Waals surface area contributed by atoms with E-state index in [4.69, 9.17) is 5.73 Å². The number of amides is 1. The van der Waals surface area contributed by atoms with Crippen LogP contribution in [0, 0.1) is 5.92 Å². The van der Waals surface area contributed by atoms with Gasteiger partial charge in [-0.15, -0.1) is 0 Å². The van der Waals surface area contributed by atoms with E-state index in [9.17, 15) is 13.6 Å². The Morgan fingerprint density at radius 2 is 2.32 bits per heavy atom. The number of aromatic nitrogens is 1. The highest BCUT2D eigenvalue weighted by Crippen LogP contribution is 2.24. The minimum absolute atomic E-state index is 0.0624. The van der Waals surface area contributed by atoms with Gasteiger partial charge in [0.05, 0.1) is 6.54 Å². The number of nitrogens with two attached hydrogens (primary N) is 1. The summed E-state index contributed by atoms with van der Waals surface area (Å²) in [6.45, 7) is 0.0870. The molecule has 3 N–H and O–H groups in total. The smallest absolute Gasteiger partial charge is 0.268 e. The second kappa shape index (κ2) is 6.14. The lowest BCUT2D eigenvalue weighted by atomic mass is 10.0. The van der Waals surface area contributed by atoms with Crippen LogP contribution in [0.4, 0.5) is 8.78 Å². The van der Waals surface area contributed by atoms with Crippen molar-refractivity contribution in [3.63, 3.8) is 0 Å². The third kappa shape index (κ3) is 3.32. The summed E-state index contributed by atoms with van der Waals surface area (Å²) < 4.78 is 26.1. The molecule has 6 heteroatoms. The summed E-state index contributed by atoms with van der Waals surface area (Å²) in [6.07, 6.45) is 1.99. The van der Waals surface area contributed by atoms with Gasteiger partial charge in [-0.2, -0.15) is 0 Å². The van der Waals surface area contributed by atoms with Crippen molar-refractivity contribution in [1.82, 2.24) is 9.88 Å². The zero-order valence-corrected chi connectivity index (χ0v) is 10.7. The van der Waals surface area contributed by atoms with Crippen LogP contribution in [0.15, 0.2) is 18.3 Å². The molecule has 1 aromatic rings. The second-order valence-corrected chi connectivity index (χ2v) is 4.94. The van der Waals surface area contributed by atoms with Crippen molar-refractivity contribution in [3.05, 3.63) is 24.0 Å². The van der Waals surface area contributed by atoms with E-state index >= 15 is 0 Å². The Bertz CT molecular complexity index is 433. The lowest BCUT2D eigenvalue weighted by Gasteiger charge is -2.20. The van der Waals surface area contributed by atoms with Crippen LogP contribution in [0.1, 0.15) is 29.8 Å². The van der Waals surface area contributed by atoms with Gasteiger partial charge < -0.3 is 15.6 Å². The van der Waals surface area contributed by atoms with Gasteiger partial charge in [0.15, 0.2) is 0 Å². The third-order valence-corrected chi connectivity index (χ3v) is 3.68. The lowest BCUT2D eigenvalue weighted by Crippen LogP contribution is -2.40. The topological polar surface area (TPSA) is 60.0 Å². The summed E-state index contributed by atoms with van der Waals surface area (Å²) in [5.74, 6) is -0.00143. The van der Waals surface area contributed by atoms with E-state index in [0.29, 0.717) is 12.5 Å². The van der Waals surface area contributed by atoms with Crippen molar-refractivity contribution in [2.75, 3.05) is 6.54 Å². The van der Waals surface area contributed by atoms with Crippen LogP contribution in [0.5, 0.6) is 0 Å². The van der Waals surface area contributed by atoms with Crippen LogP contribution < -0.4 is 11.1 Å². The molecule has 0 aromatic carbocycles. The van der Waals surface area contributed by atoms with Crippen molar-refractivity contribution < 1.29 is 13.6 Å². The summed E-state index contributed by atoms with van der Waals surface area (Å²) in [5.41, 5.74) is 5.94. The van der Waals surface area contributed by atoms with Gasteiger partial charge in [-0.3, -0.25) is 4.79 Å². The molecule has 2 rings (SSSR count). The molecule has 19 heavy (non-hydrogen) atoms. The Hall–Kier alpha value is -1.43. The van der Waals surface area contributed by atoms with E-state index in [2.05, 4.69) is 5.32 Å². The molecule has 1 amide bonds. The quantitative estimate of drug-likeness (QED) is 0.854. The minimum Gasteiger partial charge on any atom is -0.348 e. The maximum absolute atomic E-state index is 12.4. The molecular weight excluding hydrogens is 252 g/mol. The highest BCUT2D eigenvalue weighted by Gasteiger charge is 2.28. The van der Waals surface area contributed by atoms with Crippen molar-refractivity contribution in [1.29, 1.82) is 0 Å². The fourth-order valence-electron chi connectivity index (χ4n) is 2.68. The molecule has 1 fully saturated rings. The van der Waals surface area contributed by atoms with Gasteiger partial charge in [0.2, 0.25) is 0 Å². The van der Waals surface area contributed by atoms with E-state index in [-0.39, 0.29) is 17.6 Å². The van der Waals surface area contributed by atoms with Crippen LogP contribution in [-0.2, 0) is 6.54 Å². The van der Waals surface area contributed by atoms with E-state index in [1.54, 1.807) is 12.1 Å². The lowest BCUT2D eigenvalue weighted by molar-refractivity contribution is 0.0906. The normalized spacial score (nSPS) is 22.9. The van der Waals surface area contributed by atoms with Gasteiger partial charge in [-0.25, -0.2) is 8.78 Å². The third-order valence-electron chi connectivity index (χ3n) is 3.68. The predicted octanol–water partition coefficient (Wildman–Crippen LogP) is 1.61. The van der Waals surface area contributed by atoms with Crippen LogP contribution in [0.25, 0.3) is 0 Å². The minimum atomic E-state index is -2.47. The van der Waals surface area contributed by atoms with Gasteiger partial charge >= 0.3 is 0 Å². The first-order valence-electron chi connectivity index (χ1n) is 6.56. The van der Waals surface area contributed by atoms with Crippen molar-refractivity contribution in [3.8, 4) is 0 Å². The molecule has 1 aliphatic carbocycles. The fraction of sp³-hybridized carbons (Fsp3) is 0.615. The molecule has 0 saturated heterocycles. The maximum atomic E-state index is 12.4. The molecule has 0 bridgehead atoms. The molecule has 2 atom stereocenters. The first kappa shape index (κ1) is 14.0. The Morgan fingerprint density at radius 3 is 3.00 bits per heavy atom. The summed E-state index contributed by atoms with van der Waals surface area (Å²) in [5, 5.41) is 2.91. The second-order valence-electron chi connectivity index (χ2n) is 4.94.